The first-order valence-corrected chi connectivity index (χ1v) is 6.31. The summed E-state index contributed by atoms with van der Waals surface area (Å²) in [5.74, 6) is -0.305. The number of hydrogen-bond donors (Lipinski definition) is 2. The Balaban J connectivity index is 2.28. The molecular formula is C15H11ClN2O3. The predicted octanol–water partition coefficient (Wildman–Crippen LogP) is 3.18. The third-order valence-electron chi connectivity index (χ3n) is 2.79. The van der Waals surface area contributed by atoms with Crippen LogP contribution in [0.2, 0.25) is 5.02 Å². The Labute approximate surface area is 126 Å². The molecule has 0 heterocycles. The van der Waals surface area contributed by atoms with Gasteiger partial charge in [0.25, 0.3) is 5.91 Å². The second-order valence-corrected chi connectivity index (χ2v) is 4.55. The molecular weight excluding hydrogens is 292 g/mol. The minimum Gasteiger partial charge on any atom is -0.507 e. The highest BCUT2D eigenvalue weighted by atomic mass is 35.5. The Morgan fingerprint density at radius 1 is 1.33 bits per heavy atom. The van der Waals surface area contributed by atoms with Crippen molar-refractivity contribution < 1.29 is 14.6 Å². The van der Waals surface area contributed by atoms with E-state index in [0.717, 1.165) is 0 Å². The van der Waals surface area contributed by atoms with E-state index >= 15 is 0 Å². The maximum atomic E-state index is 12.1. The summed E-state index contributed by atoms with van der Waals surface area (Å²) in [7, 11) is 1.46. The van der Waals surface area contributed by atoms with Crippen LogP contribution in [0, 0.1) is 11.3 Å². The molecule has 21 heavy (non-hydrogen) atoms. The van der Waals surface area contributed by atoms with Crippen molar-refractivity contribution in [2.24, 2.45) is 0 Å². The molecule has 6 heteroatoms. The number of benzene rings is 2. The summed E-state index contributed by atoms with van der Waals surface area (Å²) in [5, 5.41) is 21.5. The summed E-state index contributed by atoms with van der Waals surface area (Å²) >= 11 is 5.97. The monoisotopic (exact) mass is 302 g/mol. The lowest BCUT2D eigenvalue weighted by atomic mass is 10.1. The molecule has 2 N–H and O–H groups in total. The van der Waals surface area contributed by atoms with Gasteiger partial charge < -0.3 is 15.2 Å². The van der Waals surface area contributed by atoms with Gasteiger partial charge in [-0.3, -0.25) is 4.79 Å². The molecule has 0 unspecified atom stereocenters. The van der Waals surface area contributed by atoms with E-state index in [1.807, 2.05) is 6.07 Å². The molecule has 0 aliphatic heterocycles. The molecule has 0 aliphatic rings. The molecule has 0 fully saturated rings. The van der Waals surface area contributed by atoms with Crippen LogP contribution < -0.4 is 10.1 Å². The number of anilines is 1. The standard InChI is InChI=1S/C15H11ClN2O3/c1-21-10-3-4-11(14(19)7-10)15(20)18-13-6-9(8-17)2-5-12(13)16/h2-7,19H,1H3,(H,18,20). The van der Waals surface area contributed by atoms with E-state index in [1.165, 1.54) is 31.4 Å². The number of methoxy groups -OCH3 is 1. The molecule has 106 valence electrons. The van der Waals surface area contributed by atoms with Crippen molar-refractivity contribution in [1.29, 1.82) is 5.26 Å². The third-order valence-corrected chi connectivity index (χ3v) is 3.12. The zero-order valence-corrected chi connectivity index (χ0v) is 11.8. The quantitative estimate of drug-likeness (QED) is 0.912. The van der Waals surface area contributed by atoms with Crippen LogP contribution in [0.1, 0.15) is 15.9 Å². The Kier molecular flexibility index (Phi) is 4.31. The zero-order chi connectivity index (χ0) is 15.4. The molecule has 0 saturated carbocycles. The van der Waals surface area contributed by atoms with Gasteiger partial charge in [0.1, 0.15) is 11.5 Å². The van der Waals surface area contributed by atoms with E-state index in [-0.39, 0.29) is 11.3 Å². The second-order valence-electron chi connectivity index (χ2n) is 4.14. The van der Waals surface area contributed by atoms with Crippen molar-refractivity contribution in [3.05, 3.63) is 52.5 Å². The highest BCUT2D eigenvalue weighted by Crippen LogP contribution is 2.27. The molecule has 0 atom stereocenters. The smallest absolute Gasteiger partial charge is 0.259 e. The number of aromatic hydroxyl groups is 1. The maximum absolute atomic E-state index is 12.1. The number of carbonyl (C=O) groups is 1. The number of phenolic OH excluding ortho intramolecular Hbond substituents is 1. The predicted molar refractivity (Wildman–Crippen MR) is 78.8 cm³/mol. The number of nitriles is 1. The molecule has 2 aromatic carbocycles. The average molecular weight is 303 g/mol. The van der Waals surface area contributed by atoms with Gasteiger partial charge in [0.2, 0.25) is 0 Å². The fourth-order valence-corrected chi connectivity index (χ4v) is 1.88. The van der Waals surface area contributed by atoms with Gasteiger partial charge in [-0.1, -0.05) is 11.6 Å². The number of carbonyl (C=O) groups excluding carboxylic acids is 1. The van der Waals surface area contributed by atoms with Crippen LogP contribution in [0.4, 0.5) is 5.69 Å². The summed E-state index contributed by atoms with van der Waals surface area (Å²) in [6.07, 6.45) is 0. The molecule has 0 spiro atoms. The zero-order valence-electron chi connectivity index (χ0n) is 11.1. The fraction of sp³-hybridized carbons (Fsp3) is 0.0667. The molecule has 2 rings (SSSR count). The van der Waals surface area contributed by atoms with Crippen LogP contribution in [0.3, 0.4) is 0 Å². The van der Waals surface area contributed by atoms with Gasteiger partial charge in [-0.15, -0.1) is 0 Å². The van der Waals surface area contributed by atoms with Crippen LogP contribution in [0.5, 0.6) is 11.5 Å². The summed E-state index contributed by atoms with van der Waals surface area (Å²) in [4.78, 5) is 12.1. The van der Waals surface area contributed by atoms with Crippen molar-refractivity contribution in [1.82, 2.24) is 0 Å². The molecule has 0 radical (unpaired) electrons. The Bertz CT molecular complexity index is 738. The van der Waals surface area contributed by atoms with E-state index in [0.29, 0.717) is 22.0 Å². The number of rotatable bonds is 3. The van der Waals surface area contributed by atoms with Crippen molar-refractivity contribution in [2.45, 2.75) is 0 Å². The topological polar surface area (TPSA) is 82.3 Å². The SMILES string of the molecule is COc1ccc(C(=O)Nc2cc(C#N)ccc2Cl)c(O)c1. The van der Waals surface area contributed by atoms with Gasteiger partial charge in [0.15, 0.2) is 0 Å². The van der Waals surface area contributed by atoms with E-state index in [4.69, 9.17) is 21.6 Å². The van der Waals surface area contributed by atoms with Crippen LogP contribution in [0.25, 0.3) is 0 Å². The molecule has 0 saturated heterocycles. The number of halogens is 1. The van der Waals surface area contributed by atoms with Crippen molar-refractivity contribution in [2.75, 3.05) is 12.4 Å². The number of phenols is 1. The first kappa shape index (κ1) is 14.7. The molecule has 0 bridgehead atoms. The molecule has 1 amide bonds. The van der Waals surface area contributed by atoms with Crippen molar-refractivity contribution in [3.8, 4) is 17.6 Å². The number of ether oxygens (including phenoxy) is 1. The maximum Gasteiger partial charge on any atom is 0.259 e. The van der Waals surface area contributed by atoms with Crippen LogP contribution in [-0.2, 0) is 0 Å². The normalized spacial score (nSPS) is 9.76. The molecule has 0 aliphatic carbocycles. The van der Waals surface area contributed by atoms with Crippen LogP contribution in [0.15, 0.2) is 36.4 Å². The van der Waals surface area contributed by atoms with Crippen molar-refractivity contribution in [3.63, 3.8) is 0 Å². The van der Waals surface area contributed by atoms with Gasteiger partial charge >= 0.3 is 0 Å². The lowest BCUT2D eigenvalue weighted by Gasteiger charge is -2.09. The van der Waals surface area contributed by atoms with Crippen LogP contribution >= 0.6 is 11.6 Å². The van der Waals surface area contributed by atoms with E-state index in [1.54, 1.807) is 12.1 Å². The lowest BCUT2D eigenvalue weighted by Crippen LogP contribution is -2.12. The largest absolute Gasteiger partial charge is 0.507 e. The Morgan fingerprint density at radius 3 is 2.71 bits per heavy atom. The number of nitrogens with zero attached hydrogens (tertiary/aromatic N) is 1. The van der Waals surface area contributed by atoms with Gasteiger partial charge in [-0.2, -0.15) is 5.26 Å². The number of amides is 1. The lowest BCUT2D eigenvalue weighted by molar-refractivity contribution is 0.102. The molecule has 5 nitrogen and oxygen atoms in total. The highest BCUT2D eigenvalue weighted by molar-refractivity contribution is 6.34. The highest BCUT2D eigenvalue weighted by Gasteiger charge is 2.14. The van der Waals surface area contributed by atoms with Gasteiger partial charge in [-0.05, 0) is 30.3 Å². The summed E-state index contributed by atoms with van der Waals surface area (Å²) in [6, 6.07) is 10.8. The fourth-order valence-electron chi connectivity index (χ4n) is 1.71. The van der Waals surface area contributed by atoms with Crippen LogP contribution in [-0.4, -0.2) is 18.1 Å². The van der Waals surface area contributed by atoms with Crippen molar-refractivity contribution >= 4 is 23.2 Å². The minimum atomic E-state index is -0.535. The Hall–Kier alpha value is -2.71. The first-order chi connectivity index (χ1) is 10.0. The summed E-state index contributed by atoms with van der Waals surface area (Å²) in [5.41, 5.74) is 0.749. The molecule has 2 aromatic rings. The van der Waals surface area contributed by atoms with Gasteiger partial charge in [-0.25, -0.2) is 0 Å². The summed E-state index contributed by atoms with van der Waals surface area (Å²) in [6.45, 7) is 0. The minimum absolute atomic E-state index is 0.0780. The Morgan fingerprint density at radius 2 is 2.10 bits per heavy atom. The second kappa shape index (κ2) is 6.16. The van der Waals surface area contributed by atoms with E-state index in [9.17, 15) is 9.90 Å². The number of hydrogen-bond acceptors (Lipinski definition) is 4. The molecule has 0 aromatic heterocycles. The third kappa shape index (κ3) is 3.25. The van der Waals surface area contributed by atoms with E-state index < -0.39 is 5.91 Å². The van der Waals surface area contributed by atoms with Gasteiger partial charge in [0, 0.05) is 6.07 Å². The summed E-state index contributed by atoms with van der Waals surface area (Å²) < 4.78 is 4.95. The van der Waals surface area contributed by atoms with Gasteiger partial charge in [0.05, 0.1) is 35.0 Å². The average Bonchev–Trinajstić information content (AvgIpc) is 2.49. The number of nitrogens with one attached hydrogen (secondary N) is 1. The first-order valence-electron chi connectivity index (χ1n) is 5.93. The van der Waals surface area contributed by atoms with E-state index in [2.05, 4.69) is 5.32 Å².